The van der Waals surface area contributed by atoms with Gasteiger partial charge in [0, 0.05) is 22.8 Å². The van der Waals surface area contributed by atoms with E-state index >= 15 is 0 Å². The number of carboxylic acids is 1. The highest BCUT2D eigenvalue weighted by Gasteiger charge is 2.16. The SMILES string of the molecule is O=C(O)c1cc([N+](=O)[O-])ccc1Nc1ccc(CCc2ccc(Cl)cc2)cc1. The standard InChI is InChI=1S/C21H17ClN2O4/c22-16-7-3-14(4-8-16)1-2-15-5-9-17(10-6-15)23-20-12-11-18(24(27)28)13-19(20)21(25)26/h3-13,23H,1-2H2,(H,25,26). The van der Waals surface area contributed by atoms with Gasteiger partial charge in [-0.05, 0) is 54.3 Å². The maximum absolute atomic E-state index is 11.4. The average Bonchev–Trinajstić information content (AvgIpc) is 2.68. The summed E-state index contributed by atoms with van der Waals surface area (Å²) in [5.74, 6) is -1.23. The van der Waals surface area contributed by atoms with E-state index in [1.54, 1.807) is 0 Å². The number of hydrogen-bond donors (Lipinski definition) is 2. The van der Waals surface area contributed by atoms with Crippen LogP contribution in [0.25, 0.3) is 0 Å². The summed E-state index contributed by atoms with van der Waals surface area (Å²) in [5.41, 5.74) is 2.92. The van der Waals surface area contributed by atoms with E-state index in [2.05, 4.69) is 5.32 Å². The van der Waals surface area contributed by atoms with Crippen molar-refractivity contribution in [3.63, 3.8) is 0 Å². The quantitative estimate of drug-likeness (QED) is 0.407. The van der Waals surface area contributed by atoms with Crippen LogP contribution in [-0.2, 0) is 12.8 Å². The number of rotatable bonds is 7. The molecule has 0 aliphatic heterocycles. The van der Waals surface area contributed by atoms with Crippen LogP contribution in [0, 0.1) is 10.1 Å². The number of halogens is 1. The monoisotopic (exact) mass is 396 g/mol. The van der Waals surface area contributed by atoms with Crippen LogP contribution in [0.15, 0.2) is 66.7 Å². The number of aromatic carboxylic acids is 1. The summed E-state index contributed by atoms with van der Waals surface area (Å²) >= 11 is 5.89. The Hall–Kier alpha value is -3.38. The minimum atomic E-state index is -1.23. The van der Waals surface area contributed by atoms with Crippen molar-refractivity contribution in [2.75, 3.05) is 5.32 Å². The summed E-state index contributed by atoms with van der Waals surface area (Å²) < 4.78 is 0. The molecule has 0 saturated carbocycles. The molecule has 3 aromatic rings. The van der Waals surface area contributed by atoms with E-state index in [9.17, 15) is 20.0 Å². The lowest BCUT2D eigenvalue weighted by Crippen LogP contribution is -2.04. The van der Waals surface area contributed by atoms with Crippen molar-refractivity contribution in [3.05, 3.63) is 98.6 Å². The van der Waals surface area contributed by atoms with Gasteiger partial charge >= 0.3 is 5.97 Å². The number of carboxylic acid groups (broad SMARTS) is 1. The molecular weight excluding hydrogens is 380 g/mol. The molecule has 0 aliphatic carbocycles. The van der Waals surface area contributed by atoms with Crippen LogP contribution in [0.3, 0.4) is 0 Å². The first kappa shape index (κ1) is 19.4. The van der Waals surface area contributed by atoms with Gasteiger partial charge in [0.05, 0.1) is 16.2 Å². The van der Waals surface area contributed by atoms with Gasteiger partial charge in [0.15, 0.2) is 0 Å². The second kappa shape index (κ2) is 8.54. The van der Waals surface area contributed by atoms with E-state index < -0.39 is 10.9 Å². The van der Waals surface area contributed by atoms with Crippen molar-refractivity contribution in [2.24, 2.45) is 0 Å². The molecule has 7 heteroatoms. The fraction of sp³-hybridized carbons (Fsp3) is 0.0952. The number of benzene rings is 3. The smallest absolute Gasteiger partial charge is 0.338 e. The summed E-state index contributed by atoms with van der Waals surface area (Å²) in [7, 11) is 0. The number of nitrogens with zero attached hydrogens (tertiary/aromatic N) is 1. The minimum absolute atomic E-state index is 0.152. The molecule has 0 amide bonds. The Balaban J connectivity index is 1.69. The van der Waals surface area contributed by atoms with Crippen LogP contribution < -0.4 is 5.32 Å². The number of aryl methyl sites for hydroxylation is 2. The molecule has 142 valence electrons. The Kier molecular flexibility index (Phi) is 5.91. The highest BCUT2D eigenvalue weighted by molar-refractivity contribution is 6.30. The minimum Gasteiger partial charge on any atom is -0.478 e. The van der Waals surface area contributed by atoms with Crippen molar-refractivity contribution in [1.29, 1.82) is 0 Å². The van der Waals surface area contributed by atoms with Crippen LogP contribution >= 0.6 is 11.6 Å². The van der Waals surface area contributed by atoms with Gasteiger partial charge in [0.2, 0.25) is 0 Å². The molecule has 0 spiro atoms. The highest BCUT2D eigenvalue weighted by atomic mass is 35.5. The number of nitro groups is 1. The summed E-state index contributed by atoms with van der Waals surface area (Å²) in [6, 6.07) is 19.1. The fourth-order valence-corrected chi connectivity index (χ4v) is 2.91. The molecule has 2 N–H and O–H groups in total. The van der Waals surface area contributed by atoms with E-state index in [-0.39, 0.29) is 11.3 Å². The van der Waals surface area contributed by atoms with Gasteiger partial charge in [-0.15, -0.1) is 0 Å². The topological polar surface area (TPSA) is 92.5 Å². The number of nitrogens with one attached hydrogen (secondary N) is 1. The Morgan fingerprint density at radius 2 is 1.54 bits per heavy atom. The summed E-state index contributed by atoms with van der Waals surface area (Å²) in [4.78, 5) is 21.6. The van der Waals surface area contributed by atoms with Gasteiger partial charge in [-0.2, -0.15) is 0 Å². The highest BCUT2D eigenvalue weighted by Crippen LogP contribution is 2.26. The first-order chi connectivity index (χ1) is 13.4. The van der Waals surface area contributed by atoms with Crippen LogP contribution in [0.5, 0.6) is 0 Å². The van der Waals surface area contributed by atoms with E-state index in [4.69, 9.17) is 11.6 Å². The molecule has 0 saturated heterocycles. The van der Waals surface area contributed by atoms with E-state index in [1.165, 1.54) is 17.7 Å². The molecule has 3 rings (SSSR count). The van der Waals surface area contributed by atoms with E-state index in [1.807, 2.05) is 48.5 Å². The molecule has 28 heavy (non-hydrogen) atoms. The molecule has 0 fully saturated rings. The first-order valence-corrected chi connectivity index (χ1v) is 8.92. The molecule has 0 atom stereocenters. The van der Waals surface area contributed by atoms with E-state index in [0.717, 1.165) is 24.5 Å². The Morgan fingerprint density at radius 1 is 0.964 bits per heavy atom. The largest absolute Gasteiger partial charge is 0.478 e. The molecular formula is C21H17ClN2O4. The number of non-ortho nitro benzene ring substituents is 1. The van der Waals surface area contributed by atoms with Gasteiger partial charge in [0.25, 0.3) is 5.69 Å². The van der Waals surface area contributed by atoms with Crippen molar-refractivity contribution < 1.29 is 14.8 Å². The van der Waals surface area contributed by atoms with Crippen molar-refractivity contribution in [1.82, 2.24) is 0 Å². The van der Waals surface area contributed by atoms with Crippen LogP contribution in [-0.4, -0.2) is 16.0 Å². The van der Waals surface area contributed by atoms with Crippen LogP contribution in [0.4, 0.5) is 17.1 Å². The van der Waals surface area contributed by atoms with Crippen LogP contribution in [0.2, 0.25) is 5.02 Å². The van der Waals surface area contributed by atoms with Crippen molar-refractivity contribution in [2.45, 2.75) is 12.8 Å². The maximum atomic E-state index is 11.4. The number of carbonyl (C=O) groups is 1. The number of nitro benzene ring substituents is 1. The van der Waals surface area contributed by atoms with Gasteiger partial charge in [-0.25, -0.2) is 4.79 Å². The molecule has 0 heterocycles. The predicted octanol–water partition coefficient (Wildman–Crippen LogP) is 5.48. The van der Waals surface area contributed by atoms with Gasteiger partial charge in [0.1, 0.15) is 0 Å². The molecule has 0 radical (unpaired) electrons. The second-order valence-electron chi connectivity index (χ2n) is 6.24. The second-order valence-corrected chi connectivity index (χ2v) is 6.68. The zero-order valence-corrected chi connectivity index (χ0v) is 15.5. The Labute approximate surface area is 166 Å². The lowest BCUT2D eigenvalue weighted by Gasteiger charge is -2.10. The third-order valence-corrected chi connectivity index (χ3v) is 4.54. The number of anilines is 2. The third kappa shape index (κ3) is 4.86. The fourth-order valence-electron chi connectivity index (χ4n) is 2.78. The Bertz CT molecular complexity index is 1000. The summed E-state index contributed by atoms with van der Waals surface area (Å²) in [5, 5.41) is 23.9. The Morgan fingerprint density at radius 3 is 2.07 bits per heavy atom. The summed E-state index contributed by atoms with van der Waals surface area (Å²) in [6.07, 6.45) is 1.75. The predicted molar refractivity (Wildman–Crippen MR) is 109 cm³/mol. The molecule has 0 unspecified atom stereocenters. The first-order valence-electron chi connectivity index (χ1n) is 8.54. The van der Waals surface area contributed by atoms with Gasteiger partial charge in [-0.1, -0.05) is 35.9 Å². The normalized spacial score (nSPS) is 10.5. The molecule has 0 aliphatic rings. The maximum Gasteiger partial charge on any atom is 0.338 e. The molecule has 0 aromatic heterocycles. The lowest BCUT2D eigenvalue weighted by atomic mass is 10.0. The van der Waals surface area contributed by atoms with E-state index in [0.29, 0.717) is 16.4 Å². The lowest BCUT2D eigenvalue weighted by molar-refractivity contribution is -0.384. The van der Waals surface area contributed by atoms with Crippen molar-refractivity contribution in [3.8, 4) is 0 Å². The van der Waals surface area contributed by atoms with Gasteiger partial charge < -0.3 is 10.4 Å². The zero-order chi connectivity index (χ0) is 20.1. The summed E-state index contributed by atoms with van der Waals surface area (Å²) in [6.45, 7) is 0. The molecule has 0 bridgehead atoms. The third-order valence-electron chi connectivity index (χ3n) is 4.29. The van der Waals surface area contributed by atoms with Gasteiger partial charge in [-0.3, -0.25) is 10.1 Å². The van der Waals surface area contributed by atoms with Crippen LogP contribution in [0.1, 0.15) is 21.5 Å². The average molecular weight is 397 g/mol. The molecule has 3 aromatic carbocycles. The van der Waals surface area contributed by atoms with Crippen molar-refractivity contribution >= 4 is 34.6 Å². The zero-order valence-electron chi connectivity index (χ0n) is 14.8. The molecule has 6 nitrogen and oxygen atoms in total. The number of hydrogen-bond acceptors (Lipinski definition) is 4.